The number of nitrogens with zero attached hydrogens (tertiary/aromatic N) is 2. The normalized spacial score (nSPS) is 16.6. The van der Waals surface area contributed by atoms with E-state index in [1.54, 1.807) is 18.2 Å². The van der Waals surface area contributed by atoms with Crippen molar-refractivity contribution >= 4 is 23.2 Å². The molecule has 0 bridgehead atoms. The number of carbonyl (C=O) groups excluding carboxylic acids is 2. The van der Waals surface area contributed by atoms with E-state index in [0.717, 1.165) is 51.9 Å². The first-order valence-corrected chi connectivity index (χ1v) is 14.1. The lowest BCUT2D eigenvalue weighted by Gasteiger charge is -2.37. The summed E-state index contributed by atoms with van der Waals surface area (Å²) in [7, 11) is 0. The molecule has 5 rings (SSSR count). The van der Waals surface area contributed by atoms with Crippen molar-refractivity contribution < 1.29 is 22.8 Å². The zero-order chi connectivity index (χ0) is 28.9. The van der Waals surface area contributed by atoms with E-state index in [-0.39, 0.29) is 41.6 Å². The highest BCUT2D eigenvalue weighted by Crippen LogP contribution is 2.51. The molecule has 0 aromatic heterocycles. The topological polar surface area (TPSA) is 64.7 Å². The van der Waals surface area contributed by atoms with Crippen LogP contribution in [0.15, 0.2) is 78.9 Å². The third-order valence-corrected chi connectivity index (χ3v) is 7.97. The molecule has 6 nitrogen and oxygen atoms in total. The second kappa shape index (κ2) is 12.4. The van der Waals surface area contributed by atoms with Crippen LogP contribution in [0.25, 0.3) is 0 Å². The van der Waals surface area contributed by atoms with Crippen LogP contribution in [0.2, 0.25) is 0 Å². The number of hydrogen-bond acceptors (Lipinski definition) is 4. The Bertz CT molecular complexity index is 1240. The molecule has 2 saturated heterocycles. The van der Waals surface area contributed by atoms with Gasteiger partial charge in [-0.3, -0.25) is 19.4 Å². The Morgan fingerprint density at radius 2 is 0.951 bits per heavy atom. The first-order valence-electron chi connectivity index (χ1n) is 14.1. The van der Waals surface area contributed by atoms with Gasteiger partial charge in [-0.15, -0.1) is 0 Å². The number of hydrogen-bond donors (Lipinski definition) is 2. The molecule has 2 heterocycles. The van der Waals surface area contributed by atoms with Gasteiger partial charge in [0.1, 0.15) is 5.41 Å². The summed E-state index contributed by atoms with van der Waals surface area (Å²) in [6.45, 7) is 4.02. The molecular weight excluding hydrogens is 529 g/mol. The van der Waals surface area contributed by atoms with Gasteiger partial charge in [0.05, 0.1) is 13.1 Å². The Labute approximate surface area is 238 Å². The number of nitrogens with one attached hydrogen (secondary N) is 2. The molecule has 2 N–H and O–H groups in total. The van der Waals surface area contributed by atoms with E-state index in [0.29, 0.717) is 11.4 Å². The van der Waals surface area contributed by atoms with Crippen molar-refractivity contribution in [1.82, 2.24) is 9.80 Å². The fraction of sp³-hybridized carbons (Fsp3) is 0.375. The van der Waals surface area contributed by atoms with E-state index in [2.05, 4.69) is 20.4 Å². The van der Waals surface area contributed by atoms with Crippen LogP contribution in [0.5, 0.6) is 0 Å². The molecular formula is C32H35F3N4O2. The zero-order valence-corrected chi connectivity index (χ0v) is 22.9. The largest absolute Gasteiger partial charge is 0.406 e. The van der Waals surface area contributed by atoms with Gasteiger partial charge < -0.3 is 10.6 Å². The van der Waals surface area contributed by atoms with Gasteiger partial charge in [-0.05, 0) is 92.8 Å². The SMILES string of the molecule is O=C(CN1CCCC1)Nc1ccc(C(c2ccccc2)(c2ccc(NC(=O)CN3CCCC3)cc2)C(F)(F)F)cc1. The molecule has 0 saturated carbocycles. The van der Waals surface area contributed by atoms with Crippen LogP contribution in [0.4, 0.5) is 24.5 Å². The number of rotatable bonds is 9. The van der Waals surface area contributed by atoms with E-state index in [1.807, 2.05) is 0 Å². The minimum Gasteiger partial charge on any atom is -0.325 e. The number of anilines is 2. The summed E-state index contributed by atoms with van der Waals surface area (Å²) >= 11 is 0. The van der Waals surface area contributed by atoms with Gasteiger partial charge in [0.15, 0.2) is 0 Å². The highest BCUT2D eigenvalue weighted by atomic mass is 19.4. The molecule has 9 heteroatoms. The van der Waals surface area contributed by atoms with Crippen molar-refractivity contribution in [3.8, 4) is 0 Å². The van der Waals surface area contributed by atoms with Crippen molar-refractivity contribution in [2.75, 3.05) is 49.9 Å². The molecule has 2 aliphatic rings. The molecule has 2 aliphatic heterocycles. The Morgan fingerprint density at radius 3 is 1.32 bits per heavy atom. The molecule has 2 fully saturated rings. The summed E-state index contributed by atoms with van der Waals surface area (Å²) in [4.78, 5) is 29.1. The third-order valence-electron chi connectivity index (χ3n) is 7.97. The van der Waals surface area contributed by atoms with Crippen LogP contribution in [0.3, 0.4) is 0 Å². The first kappa shape index (κ1) is 28.8. The maximum Gasteiger partial charge on any atom is 0.406 e. The summed E-state index contributed by atoms with van der Waals surface area (Å²) in [5, 5.41) is 5.62. The van der Waals surface area contributed by atoms with Gasteiger partial charge in [-0.1, -0.05) is 54.6 Å². The smallest absolute Gasteiger partial charge is 0.325 e. The quantitative estimate of drug-likeness (QED) is 0.330. The predicted octanol–water partition coefficient (Wildman–Crippen LogP) is 5.65. The van der Waals surface area contributed by atoms with Gasteiger partial charge in [0, 0.05) is 11.4 Å². The van der Waals surface area contributed by atoms with E-state index < -0.39 is 11.6 Å². The number of carbonyl (C=O) groups is 2. The summed E-state index contributed by atoms with van der Waals surface area (Å²) in [6.07, 6.45) is -0.449. The number of benzene rings is 3. The highest BCUT2D eigenvalue weighted by Gasteiger charge is 2.58. The minimum absolute atomic E-state index is 0.0274. The predicted molar refractivity (Wildman–Crippen MR) is 154 cm³/mol. The van der Waals surface area contributed by atoms with E-state index >= 15 is 13.2 Å². The lowest BCUT2D eigenvalue weighted by Crippen LogP contribution is -2.44. The Hall–Kier alpha value is -3.69. The molecule has 216 valence electrons. The molecule has 2 amide bonds. The number of halogens is 3. The molecule has 0 radical (unpaired) electrons. The van der Waals surface area contributed by atoms with E-state index in [9.17, 15) is 9.59 Å². The van der Waals surface area contributed by atoms with E-state index in [4.69, 9.17) is 0 Å². The zero-order valence-electron chi connectivity index (χ0n) is 22.9. The molecule has 0 atom stereocenters. The summed E-state index contributed by atoms with van der Waals surface area (Å²) in [6, 6.07) is 19.6. The van der Waals surface area contributed by atoms with Crippen molar-refractivity contribution in [1.29, 1.82) is 0 Å². The van der Waals surface area contributed by atoms with Crippen molar-refractivity contribution in [3.63, 3.8) is 0 Å². The van der Waals surface area contributed by atoms with Crippen LogP contribution in [0.1, 0.15) is 42.4 Å². The number of alkyl halides is 3. The lowest BCUT2D eigenvalue weighted by atomic mass is 9.68. The Kier molecular flexibility index (Phi) is 8.75. The molecule has 0 spiro atoms. The van der Waals surface area contributed by atoms with Crippen molar-refractivity contribution in [3.05, 3.63) is 95.6 Å². The second-order valence-corrected chi connectivity index (χ2v) is 10.8. The maximum atomic E-state index is 15.4. The van der Waals surface area contributed by atoms with Crippen LogP contribution in [0, 0.1) is 0 Å². The Morgan fingerprint density at radius 1 is 0.585 bits per heavy atom. The average Bonchev–Trinajstić information content (AvgIpc) is 3.65. The summed E-state index contributed by atoms with van der Waals surface area (Å²) < 4.78 is 46.1. The average molecular weight is 565 g/mol. The first-order chi connectivity index (χ1) is 19.8. The van der Waals surface area contributed by atoms with Crippen molar-refractivity contribution in [2.45, 2.75) is 37.3 Å². The Balaban J connectivity index is 1.43. The van der Waals surface area contributed by atoms with Crippen LogP contribution < -0.4 is 10.6 Å². The standard InChI is InChI=1S/C32H35F3N4O2/c33-32(34,35)31(24-8-2-1-3-9-24,25-10-14-27(15-11-25)36-29(40)22-38-18-4-5-19-38)26-12-16-28(17-13-26)37-30(41)23-39-20-6-7-21-39/h1-3,8-17H,4-7,18-23H2,(H,36,40)(H,37,41). The van der Waals surface area contributed by atoms with E-state index in [1.165, 1.54) is 60.7 Å². The van der Waals surface area contributed by atoms with Crippen LogP contribution >= 0.6 is 0 Å². The molecule has 3 aromatic rings. The van der Waals surface area contributed by atoms with Gasteiger partial charge >= 0.3 is 6.18 Å². The second-order valence-electron chi connectivity index (χ2n) is 10.8. The summed E-state index contributed by atoms with van der Waals surface area (Å²) in [5.74, 6) is -0.376. The fourth-order valence-electron chi connectivity index (χ4n) is 5.97. The lowest BCUT2D eigenvalue weighted by molar-refractivity contribution is -0.166. The number of amides is 2. The van der Waals surface area contributed by atoms with Gasteiger partial charge in [0.2, 0.25) is 11.8 Å². The molecule has 41 heavy (non-hydrogen) atoms. The van der Waals surface area contributed by atoms with Crippen LogP contribution in [-0.4, -0.2) is 67.1 Å². The molecule has 3 aromatic carbocycles. The minimum atomic E-state index is -4.70. The highest BCUT2D eigenvalue weighted by molar-refractivity contribution is 5.93. The summed E-state index contributed by atoms with van der Waals surface area (Å²) in [5.41, 5.74) is -1.45. The fourth-order valence-corrected chi connectivity index (χ4v) is 5.97. The maximum absolute atomic E-state index is 15.4. The van der Waals surface area contributed by atoms with Crippen molar-refractivity contribution in [2.24, 2.45) is 0 Å². The molecule has 0 aliphatic carbocycles. The molecule has 0 unspecified atom stereocenters. The number of likely N-dealkylation sites (tertiary alicyclic amines) is 2. The van der Waals surface area contributed by atoms with Gasteiger partial charge in [-0.2, -0.15) is 13.2 Å². The van der Waals surface area contributed by atoms with Gasteiger partial charge in [0.25, 0.3) is 0 Å². The van der Waals surface area contributed by atoms with Gasteiger partial charge in [-0.25, -0.2) is 0 Å². The monoisotopic (exact) mass is 564 g/mol. The van der Waals surface area contributed by atoms with Crippen LogP contribution in [-0.2, 0) is 15.0 Å². The third kappa shape index (κ3) is 6.47.